The molecule has 1 amide bonds. The van der Waals surface area contributed by atoms with E-state index in [1.807, 2.05) is 49.6 Å². The van der Waals surface area contributed by atoms with E-state index in [0.717, 1.165) is 20.6 Å². The quantitative estimate of drug-likeness (QED) is 0.735. The number of methoxy groups -OCH3 is 1. The number of amides is 1. The van der Waals surface area contributed by atoms with Crippen molar-refractivity contribution in [2.24, 2.45) is 10.1 Å². The van der Waals surface area contributed by atoms with Crippen molar-refractivity contribution in [2.75, 3.05) is 20.0 Å². The zero-order valence-electron chi connectivity index (χ0n) is 16.1. The lowest BCUT2D eigenvalue weighted by atomic mass is 10.1. The molecule has 2 heterocycles. The van der Waals surface area contributed by atoms with Crippen molar-refractivity contribution in [1.82, 2.24) is 10.3 Å². The third kappa shape index (κ3) is 3.49. The lowest BCUT2D eigenvalue weighted by Crippen LogP contribution is -2.50. The summed E-state index contributed by atoms with van der Waals surface area (Å²) in [5.74, 6) is 1.01. The Bertz CT molecular complexity index is 1140. The first-order valence-corrected chi connectivity index (χ1v) is 11.0. The molecule has 0 bridgehead atoms. The molecule has 0 spiro atoms. The van der Waals surface area contributed by atoms with Crippen LogP contribution >= 0.6 is 27.7 Å². The van der Waals surface area contributed by atoms with E-state index in [1.54, 1.807) is 12.1 Å². The monoisotopic (exact) mass is 474 g/mol. The molecule has 1 unspecified atom stereocenters. The van der Waals surface area contributed by atoms with E-state index in [1.165, 1.54) is 11.8 Å². The number of halogens is 1. The first-order chi connectivity index (χ1) is 14.1. The van der Waals surface area contributed by atoms with Crippen LogP contribution in [-0.2, 0) is 4.79 Å². The number of carbonyl (C=O) groups excluding carboxylic acids is 1. The van der Waals surface area contributed by atoms with Crippen LogP contribution in [0.5, 0.6) is 11.5 Å². The van der Waals surface area contributed by atoms with Gasteiger partial charge in [-0.15, -0.1) is 5.10 Å². The number of hydrogen-bond donors (Lipinski definition) is 1. The van der Waals surface area contributed by atoms with Crippen LogP contribution in [0.4, 0.5) is 0 Å². The van der Waals surface area contributed by atoms with Gasteiger partial charge in [-0.25, -0.2) is 5.01 Å². The molecule has 1 N–H and O–H groups in total. The van der Waals surface area contributed by atoms with Gasteiger partial charge in [-0.2, -0.15) is 0 Å². The first-order valence-electron chi connectivity index (χ1n) is 8.98. The molecule has 0 saturated heterocycles. The maximum absolute atomic E-state index is 12.9. The van der Waals surface area contributed by atoms with E-state index in [2.05, 4.69) is 26.3 Å². The van der Waals surface area contributed by atoms with E-state index >= 15 is 0 Å². The van der Waals surface area contributed by atoms with Crippen molar-refractivity contribution < 1.29 is 14.3 Å². The number of rotatable bonds is 4. The lowest BCUT2D eigenvalue weighted by molar-refractivity contribution is -0.116. The minimum atomic E-state index is -0.519. The van der Waals surface area contributed by atoms with Gasteiger partial charge >= 0.3 is 0 Å². The Morgan fingerprint density at radius 1 is 1.31 bits per heavy atom. The predicted octanol–water partition coefficient (Wildman–Crippen LogP) is 2.36. The topological polar surface area (TPSA) is 75.5 Å². The number of thioether (sulfide) groups is 1. The number of benzene rings is 2. The van der Waals surface area contributed by atoms with Gasteiger partial charge in [0.05, 0.1) is 23.5 Å². The number of amidine groups is 1. The molecule has 0 aromatic heterocycles. The molecule has 9 heteroatoms. The van der Waals surface area contributed by atoms with E-state index < -0.39 is 6.17 Å². The number of nitrogens with zero attached hydrogens (tertiary/aromatic N) is 3. The van der Waals surface area contributed by atoms with E-state index in [0.29, 0.717) is 29.0 Å². The van der Waals surface area contributed by atoms with Gasteiger partial charge < -0.3 is 9.47 Å². The molecule has 2 aromatic rings. The van der Waals surface area contributed by atoms with Crippen molar-refractivity contribution in [3.8, 4) is 11.5 Å². The van der Waals surface area contributed by atoms with Crippen molar-refractivity contribution in [2.45, 2.75) is 13.1 Å². The molecule has 0 saturated carbocycles. The maximum atomic E-state index is 12.9. The van der Waals surface area contributed by atoms with Gasteiger partial charge in [-0.05, 0) is 47.3 Å². The average molecular weight is 475 g/mol. The summed E-state index contributed by atoms with van der Waals surface area (Å²) in [6.07, 6.45) is 1.35. The standard InChI is InChI=1S/C20H19BrN4O3S/c1-4-28-15-10-11(9-13(21)17(15)27-2)18-22-14-8-6-5-7-12(14)16-19(26)23-20(29-3)24-25(16)18/h5-10,18H,4H2,1-3H3,(H,23,24,26). The van der Waals surface area contributed by atoms with Gasteiger partial charge in [0.2, 0.25) is 0 Å². The second kappa shape index (κ2) is 8.08. The average Bonchev–Trinajstić information content (AvgIpc) is 2.72. The normalized spacial score (nSPS) is 17.6. The van der Waals surface area contributed by atoms with E-state index in [9.17, 15) is 4.79 Å². The molecule has 7 nitrogen and oxygen atoms in total. The largest absolute Gasteiger partial charge is 0.492 e. The van der Waals surface area contributed by atoms with Crippen LogP contribution in [0.2, 0.25) is 0 Å². The van der Waals surface area contributed by atoms with Gasteiger partial charge in [0, 0.05) is 10.8 Å². The summed E-state index contributed by atoms with van der Waals surface area (Å²) < 4.78 is 12.0. The molecule has 0 fully saturated rings. The van der Waals surface area contributed by atoms with Crippen LogP contribution < -0.4 is 25.4 Å². The summed E-state index contributed by atoms with van der Waals surface area (Å²) in [6.45, 7) is 2.41. The highest BCUT2D eigenvalue weighted by molar-refractivity contribution is 9.10. The maximum Gasteiger partial charge on any atom is 0.276 e. The Kier molecular flexibility index (Phi) is 5.51. The number of carbonyl (C=O) groups is 1. The SMILES string of the molecule is CCOc1cc(C2N=c3ccccc3=C3C(=O)NC(SC)=NN32)cc(Br)c1OC. The molecule has 0 radical (unpaired) electrons. The van der Waals surface area contributed by atoms with Gasteiger partial charge in [0.15, 0.2) is 22.8 Å². The Balaban J connectivity index is 1.95. The van der Waals surface area contributed by atoms with Crippen LogP contribution in [0, 0.1) is 0 Å². The van der Waals surface area contributed by atoms with Crippen molar-refractivity contribution in [3.05, 3.63) is 57.0 Å². The highest BCUT2D eigenvalue weighted by atomic mass is 79.9. The number of fused-ring (bicyclic) bond motifs is 2. The fourth-order valence-electron chi connectivity index (χ4n) is 3.33. The molecule has 2 aliphatic heterocycles. The van der Waals surface area contributed by atoms with Crippen molar-refractivity contribution in [3.63, 3.8) is 0 Å². The van der Waals surface area contributed by atoms with Gasteiger partial charge in [-0.3, -0.25) is 15.1 Å². The van der Waals surface area contributed by atoms with Crippen LogP contribution in [-0.4, -0.2) is 36.1 Å². The van der Waals surface area contributed by atoms with E-state index in [-0.39, 0.29) is 5.91 Å². The lowest BCUT2D eigenvalue weighted by Gasteiger charge is -2.34. The van der Waals surface area contributed by atoms with Gasteiger partial charge in [0.25, 0.3) is 5.91 Å². The van der Waals surface area contributed by atoms with Gasteiger partial charge in [0.1, 0.15) is 5.70 Å². The van der Waals surface area contributed by atoms with E-state index in [4.69, 9.17) is 14.5 Å². The number of hydrogen-bond acceptors (Lipinski definition) is 7. The molecule has 1 atom stereocenters. The zero-order chi connectivity index (χ0) is 20.5. The Morgan fingerprint density at radius 2 is 2.10 bits per heavy atom. The summed E-state index contributed by atoms with van der Waals surface area (Å²) in [5, 5.41) is 11.2. The first kappa shape index (κ1) is 19.8. The number of hydrazone groups is 1. The van der Waals surface area contributed by atoms with Crippen molar-refractivity contribution >= 4 is 44.5 Å². The number of nitrogens with one attached hydrogen (secondary N) is 1. The molecular weight excluding hydrogens is 456 g/mol. The minimum absolute atomic E-state index is 0.200. The molecular formula is C20H19BrN4O3S. The minimum Gasteiger partial charge on any atom is -0.492 e. The molecule has 4 rings (SSSR count). The highest BCUT2D eigenvalue weighted by Crippen LogP contribution is 2.40. The van der Waals surface area contributed by atoms with Crippen LogP contribution in [0.25, 0.3) is 5.70 Å². The fourth-order valence-corrected chi connectivity index (χ4v) is 4.32. The van der Waals surface area contributed by atoms with Crippen LogP contribution in [0.3, 0.4) is 0 Å². The summed E-state index contributed by atoms with van der Waals surface area (Å²) in [6, 6.07) is 11.4. The molecule has 2 aromatic carbocycles. The van der Waals surface area contributed by atoms with Crippen molar-refractivity contribution in [1.29, 1.82) is 0 Å². The molecule has 0 aliphatic carbocycles. The number of para-hydroxylation sites is 1. The third-order valence-corrected chi connectivity index (χ3v) is 5.70. The van der Waals surface area contributed by atoms with Gasteiger partial charge in [-0.1, -0.05) is 30.0 Å². The summed E-state index contributed by atoms with van der Waals surface area (Å²) in [4.78, 5) is 17.8. The molecule has 2 aliphatic rings. The highest BCUT2D eigenvalue weighted by Gasteiger charge is 2.34. The predicted molar refractivity (Wildman–Crippen MR) is 116 cm³/mol. The smallest absolute Gasteiger partial charge is 0.276 e. The Labute approximate surface area is 180 Å². The number of ether oxygens (including phenoxy) is 2. The summed E-state index contributed by atoms with van der Waals surface area (Å²) in [7, 11) is 1.60. The third-order valence-electron chi connectivity index (χ3n) is 4.54. The zero-order valence-corrected chi connectivity index (χ0v) is 18.5. The molecule has 29 heavy (non-hydrogen) atoms. The summed E-state index contributed by atoms with van der Waals surface area (Å²) >= 11 is 4.93. The molecule has 150 valence electrons. The van der Waals surface area contributed by atoms with Crippen LogP contribution in [0.1, 0.15) is 18.7 Å². The fraction of sp³-hybridized carbons (Fsp3) is 0.250. The Hall–Kier alpha value is -2.52. The Morgan fingerprint density at radius 3 is 2.83 bits per heavy atom. The second-order valence-corrected chi connectivity index (χ2v) is 7.89. The van der Waals surface area contributed by atoms with Crippen LogP contribution in [0.15, 0.2) is 51.0 Å². The second-order valence-electron chi connectivity index (χ2n) is 6.24. The summed E-state index contributed by atoms with van der Waals surface area (Å²) in [5.41, 5.74) is 1.30.